The third-order valence-corrected chi connectivity index (χ3v) is 24.8. The van der Waals surface area contributed by atoms with Crippen molar-refractivity contribution in [1.82, 2.24) is 0 Å². The Labute approximate surface area is 450 Å². The Morgan fingerprint density at radius 3 is 1.03 bits per heavy atom. The largest absolute Gasteiger partial charge is 0.310 e. The summed E-state index contributed by atoms with van der Waals surface area (Å²) < 4.78 is 0. The molecule has 0 heterocycles. The summed E-state index contributed by atoms with van der Waals surface area (Å²) in [5, 5.41) is 11.0. The van der Waals surface area contributed by atoms with E-state index < -0.39 is 37.7 Å². The van der Waals surface area contributed by atoms with E-state index in [2.05, 4.69) is 295 Å². The number of anilines is 6. The third-order valence-electron chi connectivity index (χ3n) is 16.5. The smallest absolute Gasteiger partial charge is 0.0775 e. The Bertz CT molecular complexity index is 3690. The van der Waals surface area contributed by atoms with Crippen LogP contribution in [0.25, 0.3) is 43.8 Å². The zero-order valence-corrected chi connectivity index (χ0v) is 50.0. The SMILES string of the molecule is C[Si](C)(C)c1ccc(N(c2ccc([Si](C)(C)C)cc2)c2ccc3c(c2)C2(c4ccccc4-c4ccccc42)c2c-3c3ccccc3c3cc(N(c4ccc([Si](C)(C)C)cc4)c4ccc([Si](C)(C)C)cc4)ccc23)cc1. The lowest BCUT2D eigenvalue weighted by atomic mass is 9.69. The summed E-state index contributed by atoms with van der Waals surface area (Å²) in [5.74, 6) is 0. The highest BCUT2D eigenvalue weighted by molar-refractivity contribution is 6.90. The van der Waals surface area contributed by atoms with Gasteiger partial charge in [-0.3, -0.25) is 0 Å². The lowest BCUT2D eigenvalue weighted by Crippen LogP contribution is -2.37. The molecule has 0 atom stereocenters. The van der Waals surface area contributed by atoms with E-state index in [9.17, 15) is 0 Å². The maximum absolute atomic E-state index is 2.57. The summed E-state index contributed by atoms with van der Waals surface area (Å²) in [6.07, 6.45) is 0. The van der Waals surface area contributed by atoms with E-state index in [0.717, 1.165) is 11.4 Å². The van der Waals surface area contributed by atoms with E-state index in [1.807, 2.05) is 0 Å². The molecule has 0 fully saturated rings. The van der Waals surface area contributed by atoms with E-state index in [4.69, 9.17) is 0 Å². The van der Waals surface area contributed by atoms with Gasteiger partial charge in [0.25, 0.3) is 0 Å². The molecule has 0 amide bonds. The summed E-state index contributed by atoms with van der Waals surface area (Å²) in [5.41, 5.74) is 17.1. The molecule has 6 heteroatoms. The van der Waals surface area contributed by atoms with Crippen molar-refractivity contribution in [3.8, 4) is 22.3 Å². The molecule has 0 unspecified atom stereocenters. The summed E-state index contributed by atoms with van der Waals surface area (Å²) in [4.78, 5) is 5.00. The van der Waals surface area contributed by atoms with Gasteiger partial charge in [-0.15, -0.1) is 0 Å². The molecule has 0 aromatic heterocycles. The first-order chi connectivity index (χ1) is 35.7. The molecule has 1 spiro atoms. The normalized spacial score (nSPS) is 13.7. The van der Waals surface area contributed by atoms with Crippen molar-refractivity contribution in [2.75, 3.05) is 9.80 Å². The first-order valence-electron chi connectivity index (χ1n) is 27.1. The van der Waals surface area contributed by atoms with Crippen LogP contribution in [0.4, 0.5) is 34.1 Å². The van der Waals surface area contributed by atoms with Crippen LogP contribution in [0.15, 0.2) is 206 Å². The second-order valence-electron chi connectivity index (χ2n) is 25.5. The van der Waals surface area contributed by atoms with E-state index in [-0.39, 0.29) is 0 Å². The Kier molecular flexibility index (Phi) is 11.5. The van der Waals surface area contributed by atoms with E-state index in [1.54, 1.807) is 0 Å². The van der Waals surface area contributed by atoms with Gasteiger partial charge < -0.3 is 9.80 Å². The monoisotopic (exact) mass is 1040 g/mol. The molecule has 2 aliphatic rings. The van der Waals surface area contributed by atoms with Crippen molar-refractivity contribution in [3.05, 3.63) is 229 Å². The fourth-order valence-corrected chi connectivity index (χ4v) is 17.1. The van der Waals surface area contributed by atoms with E-state index in [0.29, 0.717) is 0 Å². The van der Waals surface area contributed by atoms with Crippen molar-refractivity contribution < 1.29 is 0 Å². The van der Waals surface area contributed by atoms with Gasteiger partial charge in [0, 0.05) is 34.1 Å². The molecular formula is C69H70N2Si4. The van der Waals surface area contributed by atoms with E-state index in [1.165, 1.54) is 110 Å². The maximum Gasteiger partial charge on any atom is 0.0775 e. The predicted octanol–water partition coefficient (Wildman–Crippen LogP) is 17.5. The van der Waals surface area contributed by atoms with Crippen molar-refractivity contribution in [2.24, 2.45) is 0 Å². The molecule has 2 aliphatic carbocycles. The van der Waals surface area contributed by atoms with Crippen LogP contribution >= 0.6 is 0 Å². The zero-order chi connectivity index (χ0) is 52.4. The van der Waals surface area contributed by atoms with Crippen LogP contribution in [0.2, 0.25) is 78.6 Å². The molecule has 0 N–H and O–H groups in total. The van der Waals surface area contributed by atoms with Gasteiger partial charge in [0.05, 0.1) is 37.7 Å². The highest BCUT2D eigenvalue weighted by Gasteiger charge is 2.53. The fourth-order valence-electron chi connectivity index (χ4n) is 12.5. The lowest BCUT2D eigenvalue weighted by molar-refractivity contribution is 0.801. The molecule has 0 aliphatic heterocycles. The second kappa shape index (κ2) is 17.6. The first kappa shape index (κ1) is 49.1. The van der Waals surface area contributed by atoms with Crippen LogP contribution in [0, 0.1) is 0 Å². The summed E-state index contributed by atoms with van der Waals surface area (Å²) in [6.45, 7) is 29.2. The number of nitrogens with zero attached hydrogens (tertiary/aromatic N) is 2. The summed E-state index contributed by atoms with van der Waals surface area (Å²) in [7, 11) is -6.13. The van der Waals surface area contributed by atoms with Crippen LogP contribution in [0.1, 0.15) is 22.3 Å². The number of rotatable bonds is 10. The minimum atomic E-state index is -1.54. The average Bonchev–Trinajstić information content (AvgIpc) is 3.91. The third kappa shape index (κ3) is 8.06. The Balaban J connectivity index is 1.13. The van der Waals surface area contributed by atoms with Crippen LogP contribution in [-0.2, 0) is 5.41 Å². The number of hydrogen-bond acceptors (Lipinski definition) is 2. The molecule has 0 saturated carbocycles. The Hall–Kier alpha value is -6.81. The molecular weight excluding hydrogens is 969 g/mol. The van der Waals surface area contributed by atoms with Crippen molar-refractivity contribution in [1.29, 1.82) is 0 Å². The standard InChI is InChI=1S/C69H70N2Si4/c1-72(2,3)53-35-25-47(26-36-53)70(48-27-37-54(38-28-48)73(4,5)6)51-33-43-61-63(45-51)57-19-13-14-22-60(57)67-62-44-34-52(46-66(62)69(68(61)67)64-23-17-15-20-58(64)59-21-16-18-24-65(59)69)71(49-29-39-55(40-30-49)74(7,8)9)50-31-41-56(42-32-50)75(10,11)12/h13-46H,1-12H3. The minimum Gasteiger partial charge on any atom is -0.310 e. The highest BCUT2D eigenvalue weighted by Crippen LogP contribution is 2.66. The van der Waals surface area contributed by atoms with Gasteiger partial charge in [-0.1, -0.05) is 233 Å². The second-order valence-corrected chi connectivity index (χ2v) is 45.8. The summed E-state index contributed by atoms with van der Waals surface area (Å²) >= 11 is 0. The van der Waals surface area contributed by atoms with Crippen LogP contribution in [-0.4, -0.2) is 32.3 Å². The van der Waals surface area contributed by atoms with Gasteiger partial charge in [-0.05, 0) is 139 Å². The van der Waals surface area contributed by atoms with Gasteiger partial charge in [-0.25, -0.2) is 0 Å². The molecule has 0 bridgehead atoms. The Morgan fingerprint density at radius 1 is 0.267 bits per heavy atom. The highest BCUT2D eigenvalue weighted by atomic mass is 28.3. The van der Waals surface area contributed by atoms with Crippen LogP contribution in [0.3, 0.4) is 0 Å². The predicted molar refractivity (Wildman–Crippen MR) is 339 cm³/mol. The van der Waals surface area contributed by atoms with Gasteiger partial charge in [-0.2, -0.15) is 0 Å². The zero-order valence-electron chi connectivity index (χ0n) is 46.0. The van der Waals surface area contributed by atoms with Crippen molar-refractivity contribution in [2.45, 2.75) is 84.0 Å². The average molecular weight is 1040 g/mol. The molecule has 2 nitrogen and oxygen atoms in total. The fraction of sp³-hybridized carbons (Fsp3) is 0.188. The van der Waals surface area contributed by atoms with Crippen LogP contribution in [0.5, 0.6) is 0 Å². The van der Waals surface area contributed by atoms with Gasteiger partial charge in [0.15, 0.2) is 0 Å². The molecule has 12 rings (SSSR count). The van der Waals surface area contributed by atoms with Gasteiger partial charge in [0.2, 0.25) is 0 Å². The number of hydrogen-bond donors (Lipinski definition) is 0. The van der Waals surface area contributed by atoms with Gasteiger partial charge >= 0.3 is 0 Å². The molecule has 372 valence electrons. The molecule has 0 saturated heterocycles. The van der Waals surface area contributed by atoms with Gasteiger partial charge in [0.1, 0.15) is 0 Å². The summed E-state index contributed by atoms with van der Waals surface area (Å²) in [6, 6.07) is 80.5. The quantitative estimate of drug-likeness (QED) is 0.0995. The number of benzene rings is 10. The molecule has 0 radical (unpaired) electrons. The lowest BCUT2D eigenvalue weighted by Gasteiger charge is -2.33. The molecule has 10 aromatic rings. The molecule has 10 aromatic carbocycles. The topological polar surface area (TPSA) is 6.48 Å². The Morgan fingerprint density at radius 2 is 0.613 bits per heavy atom. The van der Waals surface area contributed by atoms with E-state index >= 15 is 0 Å². The first-order valence-corrected chi connectivity index (χ1v) is 41.1. The molecule has 75 heavy (non-hydrogen) atoms. The minimum absolute atomic E-state index is 0.592. The maximum atomic E-state index is 2.57. The van der Waals surface area contributed by atoms with Crippen LogP contribution < -0.4 is 30.5 Å². The number of fused-ring (bicyclic) bond motifs is 15. The van der Waals surface area contributed by atoms with Crippen molar-refractivity contribution in [3.63, 3.8) is 0 Å². The van der Waals surface area contributed by atoms with Crippen molar-refractivity contribution >= 4 is 109 Å².